The van der Waals surface area contributed by atoms with E-state index in [-0.39, 0.29) is 89.0 Å². The summed E-state index contributed by atoms with van der Waals surface area (Å²) in [7, 11) is 0. The van der Waals surface area contributed by atoms with Crippen molar-refractivity contribution in [2.45, 2.75) is 141 Å². The van der Waals surface area contributed by atoms with Crippen molar-refractivity contribution >= 4 is 65.3 Å². The van der Waals surface area contributed by atoms with E-state index in [4.69, 9.17) is 40.1 Å². The molecule has 1 fully saturated rings. The van der Waals surface area contributed by atoms with Crippen LogP contribution in [0.2, 0.25) is 0 Å². The number of primary amides is 1. The van der Waals surface area contributed by atoms with Gasteiger partial charge in [0, 0.05) is 32.6 Å². The largest absolute Gasteiger partial charge is 0.480 e. The zero-order valence-corrected chi connectivity index (χ0v) is 41.2. The summed E-state index contributed by atoms with van der Waals surface area (Å²) in [5.74, 6) is -7.04. The minimum atomic E-state index is -1.36. The minimum absolute atomic E-state index is 0.0278. The van der Waals surface area contributed by atoms with E-state index in [9.17, 15) is 43.5 Å². The molecule has 0 spiro atoms. The molecule has 9 atom stereocenters. The minimum Gasteiger partial charge on any atom is -0.480 e. The number of nitrogens with one attached hydrogen (secondary N) is 6. The maximum absolute atomic E-state index is 14.5. The maximum Gasteiger partial charge on any atom is 0.326 e. The number of hydrogen-bond acceptors (Lipinski definition) is 11. The van der Waals surface area contributed by atoms with E-state index in [1.807, 2.05) is 0 Å². The predicted molar refractivity (Wildman–Crippen MR) is 267 cm³/mol. The number of nitrogens with two attached hydrogens (primary N) is 7. The molecule has 396 valence electrons. The fraction of sp³-hybridized carbons (Fsp3) is 0.622. The monoisotopic (exact) mass is 1000 g/mol. The van der Waals surface area contributed by atoms with Crippen LogP contribution in [0.15, 0.2) is 45.3 Å². The van der Waals surface area contributed by atoms with E-state index in [1.165, 1.54) is 4.90 Å². The zero-order chi connectivity index (χ0) is 53.2. The van der Waals surface area contributed by atoms with Crippen LogP contribution in [0, 0.1) is 11.8 Å². The summed E-state index contributed by atoms with van der Waals surface area (Å²) in [5.41, 5.74) is 39.0. The molecule has 1 heterocycles. The molecule has 0 radical (unpaired) electrons. The Morgan fingerprint density at radius 1 is 0.606 bits per heavy atom. The predicted octanol–water partition coefficient (Wildman–Crippen LogP) is -2.98. The fourth-order valence-electron chi connectivity index (χ4n) is 7.73. The number of carboxylic acids is 1. The van der Waals surface area contributed by atoms with Crippen molar-refractivity contribution in [1.29, 1.82) is 0 Å². The van der Waals surface area contributed by atoms with Crippen molar-refractivity contribution in [2.24, 2.45) is 66.9 Å². The summed E-state index contributed by atoms with van der Waals surface area (Å²) < 4.78 is 0. The lowest BCUT2D eigenvalue weighted by Crippen LogP contribution is -2.61. The van der Waals surface area contributed by atoms with Gasteiger partial charge in [0.1, 0.15) is 42.3 Å². The first-order valence-electron chi connectivity index (χ1n) is 23.9. The van der Waals surface area contributed by atoms with Gasteiger partial charge in [0.2, 0.25) is 35.4 Å². The molecule has 1 aromatic carbocycles. The molecule has 1 aromatic rings. The van der Waals surface area contributed by atoms with Gasteiger partial charge >= 0.3 is 12.0 Å². The highest BCUT2D eigenvalue weighted by atomic mass is 16.4. The number of aliphatic imine (C=N–C) groups is 3. The maximum atomic E-state index is 14.5. The Balaban J connectivity index is 2.52. The van der Waals surface area contributed by atoms with Gasteiger partial charge in [0.25, 0.3) is 0 Å². The molecule has 1 aliphatic rings. The summed E-state index contributed by atoms with van der Waals surface area (Å²) in [5, 5.41) is 25.8. The molecule has 71 heavy (non-hydrogen) atoms. The van der Waals surface area contributed by atoms with Crippen molar-refractivity contribution in [1.82, 2.24) is 36.8 Å². The van der Waals surface area contributed by atoms with Crippen molar-refractivity contribution in [2.75, 3.05) is 26.2 Å². The van der Waals surface area contributed by atoms with Crippen LogP contribution in [-0.4, -0.2) is 144 Å². The third kappa shape index (κ3) is 21.4. The van der Waals surface area contributed by atoms with Crippen LogP contribution in [-0.2, 0) is 40.0 Å². The summed E-state index contributed by atoms with van der Waals surface area (Å²) in [6.45, 7) is 7.45. The second kappa shape index (κ2) is 30.9. The first kappa shape index (κ1) is 59.7. The van der Waals surface area contributed by atoms with Crippen LogP contribution in [0.1, 0.15) is 97.5 Å². The van der Waals surface area contributed by atoms with E-state index >= 15 is 0 Å². The number of amides is 8. The van der Waals surface area contributed by atoms with Crippen molar-refractivity contribution < 1.29 is 43.5 Å². The third-order valence-electron chi connectivity index (χ3n) is 12.0. The Morgan fingerprint density at radius 2 is 1.06 bits per heavy atom. The van der Waals surface area contributed by atoms with Crippen molar-refractivity contribution in [3.8, 4) is 0 Å². The van der Waals surface area contributed by atoms with Crippen LogP contribution in [0.5, 0.6) is 0 Å². The van der Waals surface area contributed by atoms with Gasteiger partial charge in [-0.2, -0.15) is 0 Å². The number of nitrogens with zero attached hydrogens (tertiary/aromatic N) is 4. The van der Waals surface area contributed by atoms with Gasteiger partial charge in [-0.05, 0) is 68.8 Å². The van der Waals surface area contributed by atoms with Crippen LogP contribution in [0.4, 0.5) is 4.79 Å². The van der Waals surface area contributed by atoms with E-state index in [1.54, 1.807) is 58.0 Å². The van der Waals surface area contributed by atoms with Gasteiger partial charge < -0.3 is 82.0 Å². The number of carbonyl (C=O) groups excluding carboxylic acids is 7. The molecule has 1 aliphatic heterocycles. The number of guanidine groups is 3. The molecule has 1 saturated heterocycles. The van der Waals surface area contributed by atoms with Crippen molar-refractivity contribution in [3.05, 3.63) is 35.9 Å². The van der Waals surface area contributed by atoms with Gasteiger partial charge in [-0.25, -0.2) is 9.59 Å². The molecule has 0 unspecified atom stereocenters. The molecular weight excluding hydrogens is 923 g/mol. The third-order valence-corrected chi connectivity index (χ3v) is 12.0. The lowest BCUT2D eigenvalue weighted by molar-refractivity contribution is -0.144. The molecule has 21 N–H and O–H groups in total. The van der Waals surface area contributed by atoms with Gasteiger partial charge in [0.05, 0.1) is 0 Å². The molecule has 0 aromatic heterocycles. The highest BCUT2D eigenvalue weighted by molar-refractivity contribution is 5.97. The van der Waals surface area contributed by atoms with E-state index < -0.39 is 102 Å². The van der Waals surface area contributed by atoms with Crippen LogP contribution in [0.3, 0.4) is 0 Å². The normalized spacial score (nSPS) is 16.4. The smallest absolute Gasteiger partial charge is 0.326 e. The molecule has 0 aliphatic carbocycles. The molecule has 8 amide bonds. The average molecular weight is 1000 g/mol. The van der Waals surface area contributed by atoms with Gasteiger partial charge in [-0.15, -0.1) is 0 Å². The zero-order valence-electron chi connectivity index (χ0n) is 41.2. The molecule has 0 saturated carbocycles. The Bertz CT molecular complexity index is 2030. The van der Waals surface area contributed by atoms with Crippen LogP contribution >= 0.6 is 0 Å². The second-order valence-corrected chi connectivity index (χ2v) is 17.6. The highest BCUT2D eigenvalue weighted by Gasteiger charge is 2.40. The number of carboxylic acid groups (broad SMARTS) is 1. The van der Waals surface area contributed by atoms with Crippen molar-refractivity contribution in [3.63, 3.8) is 0 Å². The lowest BCUT2D eigenvalue weighted by Gasteiger charge is -2.30. The lowest BCUT2D eigenvalue weighted by atomic mass is 9.95. The van der Waals surface area contributed by atoms with Crippen LogP contribution in [0.25, 0.3) is 0 Å². The Hall–Kier alpha value is -7.41. The number of hydrogen-bond donors (Lipinski definition) is 14. The summed E-state index contributed by atoms with van der Waals surface area (Å²) in [4.78, 5) is 122. The van der Waals surface area contributed by atoms with Crippen LogP contribution < -0.4 is 72.0 Å². The number of benzene rings is 1. The fourth-order valence-corrected chi connectivity index (χ4v) is 7.73. The molecule has 0 bridgehead atoms. The van der Waals surface area contributed by atoms with Gasteiger partial charge in [0.15, 0.2) is 17.9 Å². The molecule has 26 nitrogen and oxygen atoms in total. The first-order valence-corrected chi connectivity index (χ1v) is 23.9. The summed E-state index contributed by atoms with van der Waals surface area (Å²) >= 11 is 0. The van der Waals surface area contributed by atoms with Gasteiger partial charge in [-0.3, -0.25) is 43.7 Å². The average Bonchev–Trinajstić information content (AvgIpc) is 3.82. The van der Waals surface area contributed by atoms with E-state index in [0.29, 0.717) is 31.2 Å². The second-order valence-electron chi connectivity index (χ2n) is 17.6. The Kier molecular flexibility index (Phi) is 26.0. The number of aliphatic carboxylic acids is 1. The Morgan fingerprint density at radius 3 is 1.55 bits per heavy atom. The number of rotatable bonds is 31. The number of carbonyl (C=O) groups is 8. The SMILES string of the molecule is CC[C@H](C)[C@H](NC(=O)[C@@H](NC(=O)[C@H](CCCN=C(N)N)NC(=O)[C@H](Cc1ccccc1)NC(=O)[C@H](CCCN=C(N)N)NC(=O)[C@@H]1CCCN1C(=O)[C@H](CCCN=C(N)N)NC(N)=O)[C@@H](C)CC)C(=O)O. The summed E-state index contributed by atoms with van der Waals surface area (Å²) in [6.07, 6.45) is 2.14. The molecule has 26 heteroatoms. The molecular formula is C45H77N17O9. The first-order chi connectivity index (χ1) is 33.6. The van der Waals surface area contributed by atoms with E-state index in [2.05, 4.69) is 46.9 Å². The van der Waals surface area contributed by atoms with Gasteiger partial charge in [-0.1, -0.05) is 70.9 Å². The topological polar surface area (TPSA) is 451 Å². The Labute approximate surface area is 414 Å². The number of likely N-dealkylation sites (tertiary alicyclic amines) is 1. The van der Waals surface area contributed by atoms with E-state index in [0.717, 1.165) is 0 Å². The quantitative estimate of drug-likeness (QED) is 0.0201. The standard InChI is InChI=1S/C45H77N17O9/c1-5-25(3)33(39(67)61-34(41(69)70)26(4)6-2)60-36(64)29(17-11-21-54-43(48)49)56-37(65)31(24-27-14-8-7-9-15-27)58-35(63)28(16-10-20-53-42(46)47)57-38(66)32-19-13-23-62(32)40(68)30(59-45(52)71)18-12-22-55-44(50)51/h7-9,14-15,25-26,28-34H,5-6,10-13,16-24H2,1-4H3,(H,56,65)(H,57,66)(H,58,63)(H,60,64)(H,61,67)(H,69,70)(H4,46,47,53)(H4,48,49,54)(H4,50,51,55)(H3,52,59,71)/t25-,26-,28-,29-,30-,31-,32-,33-,34-/m0/s1. The highest BCUT2D eigenvalue weighted by Crippen LogP contribution is 2.21. The molecule has 2 rings (SSSR count). The number of urea groups is 1. The summed E-state index contributed by atoms with van der Waals surface area (Å²) in [6, 6.07) is -0.866.